The number of nitrogens with zero attached hydrogens (tertiary/aromatic N) is 3. The molecular weight excluding hydrogens is 304 g/mol. The van der Waals surface area contributed by atoms with Crippen molar-refractivity contribution < 1.29 is 9.59 Å². The van der Waals surface area contributed by atoms with Crippen LogP contribution in [0, 0.1) is 17.8 Å². The summed E-state index contributed by atoms with van der Waals surface area (Å²) in [6.07, 6.45) is 7.26. The Morgan fingerprint density at radius 2 is 1.83 bits per heavy atom. The van der Waals surface area contributed by atoms with E-state index in [0.717, 1.165) is 31.5 Å². The lowest BCUT2D eigenvalue weighted by molar-refractivity contribution is -0.137. The zero-order valence-corrected chi connectivity index (χ0v) is 14.9. The molecule has 6 nitrogen and oxygen atoms in total. The molecule has 1 aromatic heterocycles. The molecule has 1 aliphatic heterocycles. The molecule has 2 aliphatic rings. The normalized spacial score (nSPS) is 20.2. The fraction of sp³-hybridized carbons (Fsp3) is 0.722. The van der Waals surface area contributed by atoms with Gasteiger partial charge in [-0.1, -0.05) is 13.8 Å². The number of amides is 2. The Bertz CT molecular complexity index is 598. The van der Waals surface area contributed by atoms with Crippen LogP contribution in [-0.2, 0) is 16.6 Å². The summed E-state index contributed by atoms with van der Waals surface area (Å²) < 4.78 is 1.96. The van der Waals surface area contributed by atoms with E-state index in [9.17, 15) is 9.59 Å². The number of aromatic nitrogens is 2. The minimum absolute atomic E-state index is 0.00484. The maximum absolute atomic E-state index is 12.7. The summed E-state index contributed by atoms with van der Waals surface area (Å²) in [7, 11) is 1.95. The number of likely N-dealkylation sites (tertiary alicyclic amines) is 1. The summed E-state index contributed by atoms with van der Waals surface area (Å²) >= 11 is 0. The van der Waals surface area contributed by atoms with Crippen molar-refractivity contribution in [2.75, 3.05) is 13.1 Å². The minimum atomic E-state index is -0.0800. The molecule has 0 bridgehead atoms. The second-order valence-corrected chi connectivity index (χ2v) is 7.50. The fourth-order valence-electron chi connectivity index (χ4n) is 3.43. The van der Waals surface area contributed by atoms with Crippen LogP contribution in [0.25, 0.3) is 0 Å². The molecule has 1 aromatic rings. The van der Waals surface area contributed by atoms with Crippen LogP contribution < -0.4 is 5.32 Å². The van der Waals surface area contributed by atoms with Crippen molar-refractivity contribution in [2.24, 2.45) is 24.8 Å². The van der Waals surface area contributed by atoms with Crippen LogP contribution in [-0.4, -0.2) is 39.4 Å². The average molecular weight is 332 g/mol. The Hall–Kier alpha value is -1.85. The van der Waals surface area contributed by atoms with Crippen molar-refractivity contribution in [3.05, 3.63) is 18.2 Å². The van der Waals surface area contributed by atoms with Crippen molar-refractivity contribution >= 4 is 11.8 Å². The number of aryl methyl sites for hydroxylation is 1. The van der Waals surface area contributed by atoms with Crippen LogP contribution in [0.1, 0.15) is 51.4 Å². The van der Waals surface area contributed by atoms with Crippen molar-refractivity contribution in [3.8, 4) is 0 Å². The number of piperidine rings is 1. The summed E-state index contributed by atoms with van der Waals surface area (Å²) in [5.41, 5.74) is 0. The molecule has 0 radical (unpaired) electrons. The highest BCUT2D eigenvalue weighted by Gasteiger charge is 2.36. The zero-order valence-electron chi connectivity index (χ0n) is 14.9. The maximum atomic E-state index is 12.7. The third kappa shape index (κ3) is 3.62. The summed E-state index contributed by atoms with van der Waals surface area (Å²) in [6.45, 7) is 5.61. The lowest BCUT2D eigenvalue weighted by Gasteiger charge is -2.32. The van der Waals surface area contributed by atoms with Gasteiger partial charge in [0.05, 0.1) is 6.04 Å². The monoisotopic (exact) mass is 332 g/mol. The molecule has 1 aliphatic carbocycles. The van der Waals surface area contributed by atoms with E-state index < -0.39 is 0 Å². The Labute approximate surface area is 143 Å². The molecule has 2 heterocycles. The average Bonchev–Trinajstić information content (AvgIpc) is 3.34. The highest BCUT2D eigenvalue weighted by Crippen LogP contribution is 2.32. The van der Waals surface area contributed by atoms with E-state index in [1.165, 1.54) is 0 Å². The molecule has 0 spiro atoms. The number of nitrogens with one attached hydrogen (secondary N) is 1. The summed E-state index contributed by atoms with van der Waals surface area (Å²) in [6, 6.07) is -0.0800. The Kier molecular flexibility index (Phi) is 4.92. The highest BCUT2D eigenvalue weighted by atomic mass is 16.2. The molecule has 2 fully saturated rings. The van der Waals surface area contributed by atoms with Gasteiger partial charge in [0.2, 0.25) is 11.8 Å². The Morgan fingerprint density at radius 1 is 1.17 bits per heavy atom. The first-order chi connectivity index (χ1) is 11.5. The highest BCUT2D eigenvalue weighted by molar-refractivity contribution is 5.82. The minimum Gasteiger partial charge on any atom is -0.346 e. The molecule has 24 heavy (non-hydrogen) atoms. The number of rotatable bonds is 5. The van der Waals surface area contributed by atoms with Gasteiger partial charge in [-0.25, -0.2) is 4.98 Å². The molecule has 0 aromatic carbocycles. The van der Waals surface area contributed by atoms with Gasteiger partial charge >= 0.3 is 0 Å². The van der Waals surface area contributed by atoms with Crippen molar-refractivity contribution in [1.82, 2.24) is 19.8 Å². The number of carbonyl (C=O) groups excluding carboxylic acids is 2. The van der Waals surface area contributed by atoms with Crippen LogP contribution >= 0.6 is 0 Å². The standard InChI is InChI=1S/C18H28N4O2/c1-12(2)15(16-19-8-11-21(16)3)20-17(23)13-6-9-22(10-7-13)18(24)14-4-5-14/h8,11-15H,4-7,9-10H2,1-3H3,(H,20,23)/t15-/m1/s1. The second kappa shape index (κ2) is 6.95. The Balaban J connectivity index is 1.56. The molecule has 1 saturated carbocycles. The van der Waals surface area contributed by atoms with Gasteiger partial charge in [-0.3, -0.25) is 9.59 Å². The predicted molar refractivity (Wildman–Crippen MR) is 91.0 cm³/mol. The van der Waals surface area contributed by atoms with Gasteiger partial charge in [0.25, 0.3) is 0 Å². The maximum Gasteiger partial charge on any atom is 0.225 e. The fourth-order valence-corrected chi connectivity index (χ4v) is 3.43. The Morgan fingerprint density at radius 3 is 2.33 bits per heavy atom. The van der Waals surface area contributed by atoms with E-state index in [1.807, 2.05) is 22.7 Å². The van der Waals surface area contributed by atoms with Gasteiger partial charge in [-0.05, 0) is 31.6 Å². The smallest absolute Gasteiger partial charge is 0.225 e. The molecule has 1 N–H and O–H groups in total. The molecule has 1 atom stereocenters. The van der Waals surface area contributed by atoms with Crippen LogP contribution in [0.15, 0.2) is 12.4 Å². The van der Waals surface area contributed by atoms with E-state index in [1.54, 1.807) is 6.20 Å². The number of hydrogen-bond donors (Lipinski definition) is 1. The number of hydrogen-bond acceptors (Lipinski definition) is 3. The quantitative estimate of drug-likeness (QED) is 0.895. The van der Waals surface area contributed by atoms with Crippen LogP contribution in [0.4, 0.5) is 0 Å². The largest absolute Gasteiger partial charge is 0.346 e. The molecular formula is C18H28N4O2. The van der Waals surface area contributed by atoms with Gasteiger partial charge in [0.1, 0.15) is 5.82 Å². The van der Waals surface area contributed by atoms with E-state index in [-0.39, 0.29) is 29.7 Å². The molecule has 2 amide bonds. The summed E-state index contributed by atoms with van der Waals surface area (Å²) in [4.78, 5) is 31.1. The van der Waals surface area contributed by atoms with E-state index in [4.69, 9.17) is 0 Å². The van der Waals surface area contributed by atoms with Crippen molar-refractivity contribution in [2.45, 2.75) is 45.6 Å². The molecule has 0 unspecified atom stereocenters. The topological polar surface area (TPSA) is 67.2 Å². The van der Waals surface area contributed by atoms with Crippen LogP contribution in [0.2, 0.25) is 0 Å². The number of imidazole rings is 1. The van der Waals surface area contributed by atoms with Crippen LogP contribution in [0.3, 0.4) is 0 Å². The first-order valence-electron chi connectivity index (χ1n) is 9.03. The zero-order chi connectivity index (χ0) is 17.3. The molecule has 3 rings (SSSR count). The number of carbonyl (C=O) groups is 2. The van der Waals surface area contributed by atoms with Crippen molar-refractivity contribution in [1.29, 1.82) is 0 Å². The molecule has 132 valence electrons. The van der Waals surface area contributed by atoms with E-state index in [2.05, 4.69) is 24.1 Å². The van der Waals surface area contributed by atoms with Gasteiger partial charge in [0.15, 0.2) is 0 Å². The van der Waals surface area contributed by atoms with Gasteiger partial charge in [0, 0.05) is 44.4 Å². The van der Waals surface area contributed by atoms with Crippen LogP contribution in [0.5, 0.6) is 0 Å². The van der Waals surface area contributed by atoms with Crippen molar-refractivity contribution in [3.63, 3.8) is 0 Å². The van der Waals surface area contributed by atoms with Gasteiger partial charge in [-0.2, -0.15) is 0 Å². The molecule has 1 saturated heterocycles. The van der Waals surface area contributed by atoms with E-state index >= 15 is 0 Å². The third-order valence-corrected chi connectivity index (χ3v) is 5.21. The van der Waals surface area contributed by atoms with Gasteiger partial charge < -0.3 is 14.8 Å². The second-order valence-electron chi connectivity index (χ2n) is 7.50. The lowest BCUT2D eigenvalue weighted by atomic mass is 9.94. The first-order valence-corrected chi connectivity index (χ1v) is 9.03. The summed E-state index contributed by atoms with van der Waals surface area (Å²) in [5.74, 6) is 1.81. The third-order valence-electron chi connectivity index (χ3n) is 5.21. The van der Waals surface area contributed by atoms with Gasteiger partial charge in [-0.15, -0.1) is 0 Å². The van der Waals surface area contributed by atoms with E-state index in [0.29, 0.717) is 19.0 Å². The lowest BCUT2D eigenvalue weighted by Crippen LogP contribution is -2.45. The summed E-state index contributed by atoms with van der Waals surface area (Å²) in [5, 5.41) is 3.18. The predicted octanol–water partition coefficient (Wildman–Crippen LogP) is 1.88. The molecule has 6 heteroatoms. The SMILES string of the molecule is CC(C)[C@@H](NC(=O)C1CCN(C(=O)C2CC2)CC1)c1nccn1C. The first kappa shape index (κ1) is 17.0.